The average Bonchev–Trinajstić information content (AvgIpc) is 3.04. The topological polar surface area (TPSA) is 71.6 Å². The first-order chi connectivity index (χ1) is 11.1. The number of benzene rings is 1. The van der Waals surface area contributed by atoms with E-state index in [1.54, 1.807) is 0 Å². The Morgan fingerprint density at radius 1 is 1.30 bits per heavy atom. The summed E-state index contributed by atoms with van der Waals surface area (Å²) >= 11 is 0. The molecule has 2 aromatic rings. The van der Waals surface area contributed by atoms with Gasteiger partial charge in [0.1, 0.15) is 0 Å². The number of nitrogens with zero attached hydrogens (tertiary/aromatic N) is 3. The molecule has 0 radical (unpaired) electrons. The highest BCUT2D eigenvalue weighted by atomic mass is 16.5. The second-order valence-corrected chi connectivity index (χ2v) is 6.23. The zero-order chi connectivity index (χ0) is 16.3. The van der Waals surface area contributed by atoms with Gasteiger partial charge in [0.2, 0.25) is 11.7 Å². The van der Waals surface area contributed by atoms with E-state index in [9.17, 15) is 5.11 Å². The minimum Gasteiger partial charge on any atom is -0.394 e. The van der Waals surface area contributed by atoms with Crippen molar-refractivity contribution in [3.05, 3.63) is 35.7 Å². The van der Waals surface area contributed by atoms with Gasteiger partial charge in [-0.3, -0.25) is 4.90 Å². The predicted octanol–water partition coefficient (Wildman–Crippen LogP) is 2.02. The first-order valence-corrected chi connectivity index (χ1v) is 7.92. The van der Waals surface area contributed by atoms with Gasteiger partial charge in [0, 0.05) is 24.3 Å². The molecule has 0 aliphatic carbocycles. The van der Waals surface area contributed by atoms with E-state index < -0.39 is 0 Å². The molecule has 1 aliphatic rings. The summed E-state index contributed by atoms with van der Waals surface area (Å²) in [6.45, 7) is 3.99. The third kappa shape index (κ3) is 3.44. The monoisotopic (exact) mass is 317 g/mol. The summed E-state index contributed by atoms with van der Waals surface area (Å²) < 4.78 is 10.8. The summed E-state index contributed by atoms with van der Waals surface area (Å²) in [5.74, 6) is 1.16. The van der Waals surface area contributed by atoms with E-state index in [1.165, 1.54) is 0 Å². The van der Waals surface area contributed by atoms with Gasteiger partial charge in [-0.2, -0.15) is 4.98 Å². The molecule has 3 rings (SSSR count). The fourth-order valence-corrected chi connectivity index (χ4v) is 3.00. The van der Waals surface area contributed by atoms with Gasteiger partial charge in [-0.05, 0) is 32.9 Å². The second kappa shape index (κ2) is 6.78. The third-order valence-corrected chi connectivity index (χ3v) is 4.64. The minimum absolute atomic E-state index is 0.103. The lowest BCUT2D eigenvalue weighted by Crippen LogP contribution is -2.52. The van der Waals surface area contributed by atoms with E-state index in [-0.39, 0.29) is 12.1 Å². The molecular weight excluding hydrogens is 294 g/mol. The lowest BCUT2D eigenvalue weighted by atomic mass is 9.89. The van der Waals surface area contributed by atoms with Gasteiger partial charge in [0.25, 0.3) is 0 Å². The maximum atomic E-state index is 9.84. The van der Waals surface area contributed by atoms with Gasteiger partial charge in [-0.15, -0.1) is 0 Å². The fourth-order valence-electron chi connectivity index (χ4n) is 3.00. The Morgan fingerprint density at radius 3 is 2.78 bits per heavy atom. The molecule has 23 heavy (non-hydrogen) atoms. The van der Waals surface area contributed by atoms with Crippen LogP contribution in [0.5, 0.6) is 0 Å². The van der Waals surface area contributed by atoms with Crippen LogP contribution in [0.3, 0.4) is 0 Å². The van der Waals surface area contributed by atoms with Crippen molar-refractivity contribution in [3.63, 3.8) is 0 Å². The standard InChI is InChI=1S/C17H23N3O3/c1-13-4-3-5-14(10-13)16-18-15(23-19-16)11-20(2)17(12-21)6-8-22-9-7-17/h3-5,10,21H,6-9,11-12H2,1-2H3. The summed E-state index contributed by atoms with van der Waals surface area (Å²) in [7, 11) is 1.98. The largest absolute Gasteiger partial charge is 0.394 e. The second-order valence-electron chi connectivity index (χ2n) is 6.23. The van der Waals surface area contributed by atoms with Crippen molar-refractivity contribution in [3.8, 4) is 11.4 Å². The van der Waals surface area contributed by atoms with E-state index in [0.717, 1.165) is 24.0 Å². The summed E-state index contributed by atoms with van der Waals surface area (Å²) in [4.78, 5) is 6.59. The van der Waals surface area contributed by atoms with Crippen LogP contribution in [-0.2, 0) is 11.3 Å². The zero-order valence-electron chi connectivity index (χ0n) is 13.7. The van der Waals surface area contributed by atoms with Crippen molar-refractivity contribution >= 4 is 0 Å². The highest BCUT2D eigenvalue weighted by Gasteiger charge is 2.36. The van der Waals surface area contributed by atoms with Crippen LogP contribution in [-0.4, -0.2) is 52.6 Å². The van der Waals surface area contributed by atoms with E-state index in [4.69, 9.17) is 9.26 Å². The van der Waals surface area contributed by atoms with Crippen molar-refractivity contribution in [1.29, 1.82) is 0 Å². The van der Waals surface area contributed by atoms with Gasteiger partial charge in [0.05, 0.1) is 13.2 Å². The van der Waals surface area contributed by atoms with E-state index in [2.05, 4.69) is 15.0 Å². The predicted molar refractivity (Wildman–Crippen MR) is 85.8 cm³/mol. The van der Waals surface area contributed by atoms with Crippen LogP contribution in [0.2, 0.25) is 0 Å². The molecular formula is C17H23N3O3. The van der Waals surface area contributed by atoms with Crippen molar-refractivity contribution < 1.29 is 14.4 Å². The number of hydrogen-bond donors (Lipinski definition) is 1. The van der Waals surface area contributed by atoms with Gasteiger partial charge >= 0.3 is 0 Å². The zero-order valence-corrected chi connectivity index (χ0v) is 13.7. The molecule has 1 N–H and O–H groups in total. The summed E-state index contributed by atoms with van der Waals surface area (Å²) in [6, 6.07) is 8.02. The third-order valence-electron chi connectivity index (χ3n) is 4.64. The van der Waals surface area contributed by atoms with Crippen LogP contribution in [0, 0.1) is 6.92 Å². The normalized spacial score (nSPS) is 17.6. The SMILES string of the molecule is Cc1cccc(-c2noc(CN(C)C3(CO)CCOCC3)n2)c1. The molecule has 124 valence electrons. The lowest BCUT2D eigenvalue weighted by Gasteiger charge is -2.42. The van der Waals surface area contributed by atoms with Gasteiger partial charge in [0.15, 0.2) is 0 Å². The molecule has 6 heteroatoms. The van der Waals surface area contributed by atoms with Gasteiger partial charge in [-0.25, -0.2) is 0 Å². The van der Waals surface area contributed by atoms with Crippen LogP contribution in [0.1, 0.15) is 24.3 Å². The molecule has 0 unspecified atom stereocenters. The molecule has 1 aromatic carbocycles. The first kappa shape index (κ1) is 16.1. The number of aliphatic hydroxyl groups is 1. The Morgan fingerprint density at radius 2 is 2.09 bits per heavy atom. The average molecular weight is 317 g/mol. The lowest BCUT2D eigenvalue weighted by molar-refractivity contribution is -0.0521. The number of aliphatic hydroxyl groups excluding tert-OH is 1. The maximum Gasteiger partial charge on any atom is 0.241 e. The van der Waals surface area contributed by atoms with Crippen LogP contribution >= 0.6 is 0 Å². The molecule has 1 fully saturated rings. The molecule has 0 spiro atoms. The quantitative estimate of drug-likeness (QED) is 0.909. The Hall–Kier alpha value is -1.76. The van der Waals surface area contributed by atoms with Crippen molar-refractivity contribution in [1.82, 2.24) is 15.0 Å². The van der Waals surface area contributed by atoms with Crippen molar-refractivity contribution in [2.75, 3.05) is 26.9 Å². The highest BCUT2D eigenvalue weighted by Crippen LogP contribution is 2.28. The molecule has 1 aromatic heterocycles. The van der Waals surface area contributed by atoms with Crippen molar-refractivity contribution in [2.45, 2.75) is 31.8 Å². The number of rotatable bonds is 5. The summed E-state index contributed by atoms with van der Waals surface area (Å²) in [6.07, 6.45) is 1.61. The van der Waals surface area contributed by atoms with Gasteiger partial charge in [-0.1, -0.05) is 28.9 Å². The fraction of sp³-hybridized carbons (Fsp3) is 0.529. The highest BCUT2D eigenvalue weighted by molar-refractivity contribution is 5.55. The minimum atomic E-state index is -0.268. The van der Waals surface area contributed by atoms with Crippen molar-refractivity contribution in [2.24, 2.45) is 0 Å². The maximum absolute atomic E-state index is 9.84. The summed E-state index contributed by atoms with van der Waals surface area (Å²) in [5.41, 5.74) is 1.84. The molecule has 0 atom stereocenters. The van der Waals surface area contributed by atoms with Crippen LogP contribution in [0.4, 0.5) is 0 Å². The molecule has 1 saturated heterocycles. The van der Waals surface area contributed by atoms with E-state index >= 15 is 0 Å². The summed E-state index contributed by atoms with van der Waals surface area (Å²) in [5, 5.41) is 13.9. The van der Waals surface area contributed by atoms with Crippen LogP contribution < -0.4 is 0 Å². The van der Waals surface area contributed by atoms with Gasteiger partial charge < -0.3 is 14.4 Å². The Kier molecular flexibility index (Phi) is 4.75. The molecule has 2 heterocycles. The molecule has 6 nitrogen and oxygen atoms in total. The Labute approximate surface area is 136 Å². The van der Waals surface area contributed by atoms with E-state index in [0.29, 0.717) is 31.5 Å². The van der Waals surface area contributed by atoms with Crippen LogP contribution in [0.15, 0.2) is 28.8 Å². The Bertz CT molecular complexity index is 650. The van der Waals surface area contributed by atoms with E-state index in [1.807, 2.05) is 38.2 Å². The molecule has 1 aliphatic heterocycles. The number of likely N-dealkylation sites (N-methyl/N-ethyl adjacent to an activating group) is 1. The number of ether oxygens (including phenoxy) is 1. The van der Waals surface area contributed by atoms with Crippen LogP contribution in [0.25, 0.3) is 11.4 Å². The number of aryl methyl sites for hydroxylation is 1. The molecule has 0 amide bonds. The first-order valence-electron chi connectivity index (χ1n) is 7.92. The Balaban J connectivity index is 1.73. The number of hydrogen-bond acceptors (Lipinski definition) is 6. The molecule has 0 bridgehead atoms. The number of aromatic nitrogens is 2. The molecule has 0 saturated carbocycles. The smallest absolute Gasteiger partial charge is 0.241 e.